The molecule has 39 heavy (non-hydrogen) atoms. The van der Waals surface area contributed by atoms with Gasteiger partial charge in [-0.05, 0) is 101 Å². The Morgan fingerprint density at radius 1 is 1.05 bits per heavy atom. The van der Waals surface area contributed by atoms with Gasteiger partial charge in [0.05, 0.1) is 12.1 Å². The molecule has 1 unspecified atom stereocenters. The molecule has 202 valence electrons. The molecule has 4 aromatic rings. The van der Waals surface area contributed by atoms with Gasteiger partial charge in [0.1, 0.15) is 11.9 Å². The van der Waals surface area contributed by atoms with Crippen molar-refractivity contribution in [1.82, 2.24) is 25.9 Å². The van der Waals surface area contributed by atoms with Crippen LogP contribution in [0.3, 0.4) is 0 Å². The highest BCUT2D eigenvalue weighted by Crippen LogP contribution is 2.42. The van der Waals surface area contributed by atoms with Gasteiger partial charge >= 0.3 is 6.18 Å². The van der Waals surface area contributed by atoms with Gasteiger partial charge in [0.15, 0.2) is 5.82 Å². The minimum Gasteiger partial charge on any atom is -0.485 e. The largest absolute Gasteiger partial charge is 0.485 e. The number of nitrogens with one attached hydrogen (secondary N) is 2. The van der Waals surface area contributed by atoms with E-state index < -0.39 is 11.7 Å². The lowest BCUT2D eigenvalue weighted by Crippen LogP contribution is -2.26. The van der Waals surface area contributed by atoms with Gasteiger partial charge in [-0.15, -0.1) is 5.10 Å². The number of aromatic amines is 1. The van der Waals surface area contributed by atoms with Crippen molar-refractivity contribution in [2.24, 2.45) is 5.92 Å². The summed E-state index contributed by atoms with van der Waals surface area (Å²) in [4.78, 5) is 12.5. The van der Waals surface area contributed by atoms with E-state index in [0.29, 0.717) is 23.1 Å². The Morgan fingerprint density at radius 3 is 2.26 bits per heavy atom. The van der Waals surface area contributed by atoms with Gasteiger partial charge in [0.25, 0.3) is 5.91 Å². The maximum absolute atomic E-state index is 13.0. The van der Waals surface area contributed by atoms with Crippen LogP contribution in [0.4, 0.5) is 13.2 Å². The number of alkyl halides is 3. The summed E-state index contributed by atoms with van der Waals surface area (Å²) in [5, 5.41) is 16.1. The van der Waals surface area contributed by atoms with Crippen LogP contribution in [0.15, 0.2) is 60.7 Å². The number of ether oxygens (including phenoxy) is 1. The van der Waals surface area contributed by atoms with E-state index in [1.807, 2.05) is 38.1 Å². The predicted octanol–water partition coefficient (Wildman–Crippen LogP) is 6.35. The van der Waals surface area contributed by atoms with Crippen LogP contribution >= 0.6 is 0 Å². The van der Waals surface area contributed by atoms with E-state index >= 15 is 0 Å². The van der Waals surface area contributed by atoms with E-state index in [1.54, 1.807) is 12.1 Å². The van der Waals surface area contributed by atoms with Crippen LogP contribution in [0.25, 0.3) is 11.1 Å². The van der Waals surface area contributed by atoms with Crippen molar-refractivity contribution in [1.29, 1.82) is 0 Å². The summed E-state index contributed by atoms with van der Waals surface area (Å²) in [5.41, 5.74) is 4.31. The first-order chi connectivity index (χ1) is 18.7. The molecular formula is C29H28F3N5O2. The Bertz CT molecular complexity index is 1410. The van der Waals surface area contributed by atoms with Crippen molar-refractivity contribution >= 4 is 5.91 Å². The van der Waals surface area contributed by atoms with Gasteiger partial charge in [-0.2, -0.15) is 13.2 Å². The Morgan fingerprint density at radius 2 is 1.72 bits per heavy atom. The highest BCUT2D eigenvalue weighted by molar-refractivity contribution is 5.94. The first-order valence-corrected chi connectivity index (χ1v) is 12.8. The van der Waals surface area contributed by atoms with Gasteiger partial charge in [-0.1, -0.05) is 30.7 Å². The summed E-state index contributed by atoms with van der Waals surface area (Å²) in [7, 11) is 0. The standard InChI is InChI=1S/C29H28F3N5O2/c1-17-14-24(15-18(2)26(17)19-10-12-23(13-11-19)29(30,31)32)39-27(20-4-3-5-20)21-6-8-22(9-7-21)28(38)33-16-25-34-36-37-35-25/h6-15,20,27H,3-5,16H2,1-2H3,(H,33,38)(H,34,35,36,37). The van der Waals surface area contributed by atoms with E-state index in [1.165, 1.54) is 12.1 Å². The number of H-pyrrole nitrogens is 1. The molecule has 0 saturated heterocycles. The lowest BCUT2D eigenvalue weighted by atomic mass is 9.78. The van der Waals surface area contributed by atoms with Gasteiger partial charge in [-0.3, -0.25) is 4.79 Å². The van der Waals surface area contributed by atoms with Crippen molar-refractivity contribution in [3.8, 4) is 16.9 Å². The number of benzene rings is 3. The van der Waals surface area contributed by atoms with Crippen LogP contribution in [0.1, 0.15) is 63.8 Å². The van der Waals surface area contributed by atoms with Crippen molar-refractivity contribution in [2.75, 3.05) is 0 Å². The number of tetrazole rings is 1. The van der Waals surface area contributed by atoms with Crippen LogP contribution < -0.4 is 10.1 Å². The number of carbonyl (C=O) groups excluding carboxylic acids is 1. The molecule has 1 heterocycles. The molecule has 1 atom stereocenters. The summed E-state index contributed by atoms with van der Waals surface area (Å²) >= 11 is 0. The van der Waals surface area contributed by atoms with Crippen molar-refractivity contribution in [2.45, 2.75) is 51.9 Å². The third kappa shape index (κ3) is 5.94. The molecule has 1 fully saturated rings. The maximum atomic E-state index is 13.0. The molecule has 5 rings (SSSR count). The van der Waals surface area contributed by atoms with E-state index in [0.717, 1.165) is 59.2 Å². The highest BCUT2D eigenvalue weighted by Gasteiger charge is 2.31. The topological polar surface area (TPSA) is 92.8 Å². The molecule has 1 aliphatic rings. The fourth-order valence-corrected chi connectivity index (χ4v) is 4.94. The number of nitrogens with zero attached hydrogens (tertiary/aromatic N) is 3. The van der Waals surface area contributed by atoms with E-state index in [-0.39, 0.29) is 18.6 Å². The van der Waals surface area contributed by atoms with Gasteiger partial charge in [0, 0.05) is 11.5 Å². The monoisotopic (exact) mass is 535 g/mol. The normalized spacial score (nSPS) is 14.5. The third-order valence-corrected chi connectivity index (χ3v) is 7.16. The second kappa shape index (κ2) is 10.9. The smallest absolute Gasteiger partial charge is 0.416 e. The predicted molar refractivity (Wildman–Crippen MR) is 139 cm³/mol. The second-order valence-corrected chi connectivity index (χ2v) is 9.89. The van der Waals surface area contributed by atoms with E-state index in [4.69, 9.17) is 4.74 Å². The van der Waals surface area contributed by atoms with Gasteiger partial charge in [-0.25, -0.2) is 5.10 Å². The minimum absolute atomic E-state index is 0.174. The Labute approximate surface area is 223 Å². The molecule has 0 aliphatic heterocycles. The molecule has 1 aromatic heterocycles. The quantitative estimate of drug-likeness (QED) is 0.274. The molecule has 2 N–H and O–H groups in total. The summed E-state index contributed by atoms with van der Waals surface area (Å²) in [6.07, 6.45) is -1.29. The SMILES string of the molecule is Cc1cc(OC(c2ccc(C(=O)NCc3nnn[nH]3)cc2)C2CCC2)cc(C)c1-c1ccc(C(F)(F)F)cc1. The number of halogens is 3. The van der Waals surface area contributed by atoms with Crippen LogP contribution in [0, 0.1) is 19.8 Å². The molecule has 1 amide bonds. The zero-order chi connectivity index (χ0) is 27.6. The van der Waals surface area contributed by atoms with Gasteiger partial charge < -0.3 is 10.1 Å². The van der Waals surface area contributed by atoms with Crippen molar-refractivity contribution < 1.29 is 22.7 Å². The third-order valence-electron chi connectivity index (χ3n) is 7.16. The fraction of sp³-hybridized carbons (Fsp3) is 0.310. The molecule has 0 radical (unpaired) electrons. The summed E-state index contributed by atoms with van der Waals surface area (Å²) in [6, 6.07) is 16.5. The zero-order valence-corrected chi connectivity index (χ0v) is 21.5. The zero-order valence-electron chi connectivity index (χ0n) is 21.5. The molecule has 0 bridgehead atoms. The van der Waals surface area contributed by atoms with Crippen molar-refractivity contribution in [3.05, 3.63) is 94.3 Å². The second-order valence-electron chi connectivity index (χ2n) is 9.89. The first-order valence-electron chi connectivity index (χ1n) is 12.8. The minimum atomic E-state index is -4.37. The number of aryl methyl sites for hydroxylation is 2. The Kier molecular flexibility index (Phi) is 7.36. The fourth-order valence-electron chi connectivity index (χ4n) is 4.94. The lowest BCUT2D eigenvalue weighted by Gasteiger charge is -2.34. The number of hydrogen-bond donors (Lipinski definition) is 2. The number of carbonyl (C=O) groups is 1. The average molecular weight is 536 g/mol. The average Bonchev–Trinajstić information content (AvgIpc) is 3.39. The Balaban J connectivity index is 1.33. The summed E-state index contributed by atoms with van der Waals surface area (Å²) < 4.78 is 45.5. The molecule has 1 aliphatic carbocycles. The van der Waals surface area contributed by atoms with Crippen molar-refractivity contribution in [3.63, 3.8) is 0 Å². The number of amides is 1. The summed E-state index contributed by atoms with van der Waals surface area (Å²) in [6.45, 7) is 4.07. The van der Waals surface area contributed by atoms with E-state index in [9.17, 15) is 18.0 Å². The molecule has 0 spiro atoms. The highest BCUT2D eigenvalue weighted by atomic mass is 19.4. The number of rotatable bonds is 8. The first kappa shape index (κ1) is 26.4. The van der Waals surface area contributed by atoms with Gasteiger partial charge in [0.2, 0.25) is 0 Å². The van der Waals surface area contributed by atoms with Crippen LogP contribution in [0.2, 0.25) is 0 Å². The molecule has 1 saturated carbocycles. The molecular weight excluding hydrogens is 507 g/mol. The summed E-state index contributed by atoms with van der Waals surface area (Å²) in [5.74, 6) is 1.30. The number of hydrogen-bond acceptors (Lipinski definition) is 5. The number of aromatic nitrogens is 4. The molecule has 3 aromatic carbocycles. The maximum Gasteiger partial charge on any atom is 0.416 e. The van der Waals surface area contributed by atoms with Crippen LogP contribution in [0.5, 0.6) is 5.75 Å². The van der Waals surface area contributed by atoms with E-state index in [2.05, 4.69) is 25.9 Å². The van der Waals surface area contributed by atoms with Crippen LogP contribution in [-0.2, 0) is 12.7 Å². The Hall–Kier alpha value is -4.21. The van der Waals surface area contributed by atoms with Crippen LogP contribution in [-0.4, -0.2) is 26.5 Å². The molecule has 10 heteroatoms. The molecule has 7 nitrogen and oxygen atoms in total. The lowest BCUT2D eigenvalue weighted by molar-refractivity contribution is -0.137.